The van der Waals surface area contributed by atoms with Crippen LogP contribution < -0.4 is 5.32 Å². The zero-order valence-electron chi connectivity index (χ0n) is 20.5. The van der Waals surface area contributed by atoms with Crippen molar-refractivity contribution in [2.45, 2.75) is 83.7 Å². The van der Waals surface area contributed by atoms with Crippen LogP contribution in [0, 0.1) is 11.8 Å². The van der Waals surface area contributed by atoms with E-state index in [1.165, 1.54) is 5.56 Å². The first-order valence-electron chi connectivity index (χ1n) is 12.6. The number of piperidine rings is 2. The largest absolute Gasteiger partial charge is 0.444 e. The molecule has 7 nitrogen and oxygen atoms in total. The molecule has 1 aromatic carbocycles. The minimum Gasteiger partial charge on any atom is -0.444 e. The number of nitrogens with one attached hydrogen (secondary N) is 1. The van der Waals surface area contributed by atoms with Crippen LogP contribution in [0.2, 0.25) is 0 Å². The molecule has 2 atom stereocenters. The number of hydrogen-bond acceptors (Lipinski definition) is 5. The second kappa shape index (κ2) is 9.88. The Morgan fingerprint density at radius 2 is 1.79 bits per heavy atom. The lowest BCUT2D eigenvalue weighted by Gasteiger charge is -2.34. The van der Waals surface area contributed by atoms with Crippen LogP contribution in [-0.2, 0) is 20.7 Å². The van der Waals surface area contributed by atoms with Crippen LogP contribution >= 0.6 is 0 Å². The number of nitrogens with zero attached hydrogens (tertiary/aromatic N) is 1. The molecule has 4 rings (SSSR count). The highest BCUT2D eigenvalue weighted by Gasteiger charge is 2.31. The summed E-state index contributed by atoms with van der Waals surface area (Å²) in [6.07, 6.45) is 5.42. The Morgan fingerprint density at radius 1 is 1.06 bits per heavy atom. The van der Waals surface area contributed by atoms with Crippen molar-refractivity contribution < 1.29 is 23.9 Å². The minimum absolute atomic E-state index is 0.129. The number of carbonyl (C=O) groups excluding carboxylic acids is 4. The van der Waals surface area contributed by atoms with Gasteiger partial charge in [-0.05, 0) is 82.3 Å². The highest BCUT2D eigenvalue weighted by Crippen LogP contribution is 2.35. The lowest BCUT2D eigenvalue weighted by atomic mass is 9.77. The van der Waals surface area contributed by atoms with Crippen LogP contribution in [-0.4, -0.2) is 47.3 Å². The first-order valence-corrected chi connectivity index (χ1v) is 12.6. The van der Waals surface area contributed by atoms with Gasteiger partial charge in [0, 0.05) is 37.4 Å². The van der Waals surface area contributed by atoms with Gasteiger partial charge in [-0.25, -0.2) is 4.79 Å². The molecule has 1 N–H and O–H groups in total. The Labute approximate surface area is 201 Å². The maximum atomic E-state index is 12.8. The third-order valence-electron chi connectivity index (χ3n) is 7.31. The highest BCUT2D eigenvalue weighted by atomic mass is 16.6. The Balaban J connectivity index is 1.35. The number of ketones is 1. The summed E-state index contributed by atoms with van der Waals surface area (Å²) in [4.78, 5) is 50.4. The lowest BCUT2D eigenvalue weighted by Crippen LogP contribution is -2.41. The van der Waals surface area contributed by atoms with E-state index in [1.807, 2.05) is 26.8 Å². The monoisotopic (exact) mass is 468 g/mol. The summed E-state index contributed by atoms with van der Waals surface area (Å²) in [7, 11) is 0. The van der Waals surface area contributed by atoms with Gasteiger partial charge in [-0.2, -0.15) is 0 Å². The number of likely N-dealkylation sites (tertiary alicyclic amines) is 1. The van der Waals surface area contributed by atoms with Gasteiger partial charge in [0.1, 0.15) is 5.60 Å². The van der Waals surface area contributed by atoms with E-state index in [1.54, 1.807) is 4.90 Å². The zero-order chi connectivity index (χ0) is 24.5. The van der Waals surface area contributed by atoms with Gasteiger partial charge in [0.15, 0.2) is 5.78 Å². The number of amides is 3. The molecule has 1 aliphatic carbocycles. The van der Waals surface area contributed by atoms with E-state index in [0.717, 1.165) is 43.2 Å². The van der Waals surface area contributed by atoms with Crippen molar-refractivity contribution in [3.05, 3.63) is 34.9 Å². The Morgan fingerprint density at radius 3 is 2.47 bits per heavy atom. The van der Waals surface area contributed by atoms with Crippen LogP contribution in [0.25, 0.3) is 0 Å². The van der Waals surface area contributed by atoms with Crippen molar-refractivity contribution in [1.82, 2.24) is 10.2 Å². The summed E-state index contributed by atoms with van der Waals surface area (Å²) >= 11 is 0. The summed E-state index contributed by atoms with van der Waals surface area (Å²) in [5, 5.41) is 2.43. The van der Waals surface area contributed by atoms with Gasteiger partial charge in [-0.1, -0.05) is 18.2 Å². The first kappa shape index (κ1) is 24.4. The van der Waals surface area contributed by atoms with Gasteiger partial charge < -0.3 is 9.64 Å². The molecular weight excluding hydrogens is 432 g/mol. The van der Waals surface area contributed by atoms with Crippen LogP contribution in [0.4, 0.5) is 4.79 Å². The Kier molecular flexibility index (Phi) is 7.10. The quantitative estimate of drug-likeness (QED) is 0.662. The van der Waals surface area contributed by atoms with Crippen LogP contribution in [0.15, 0.2) is 18.2 Å². The lowest BCUT2D eigenvalue weighted by molar-refractivity contribution is -0.136. The van der Waals surface area contributed by atoms with E-state index in [-0.39, 0.29) is 35.5 Å². The number of rotatable bonds is 4. The molecule has 7 heteroatoms. The molecule has 0 aromatic heterocycles. The van der Waals surface area contributed by atoms with Crippen LogP contribution in [0.1, 0.15) is 93.1 Å². The molecule has 2 saturated heterocycles. The van der Waals surface area contributed by atoms with Crippen molar-refractivity contribution in [3.8, 4) is 0 Å². The summed E-state index contributed by atoms with van der Waals surface area (Å²) in [6, 6.07) is 6.25. The highest BCUT2D eigenvalue weighted by molar-refractivity contribution is 5.99. The molecule has 0 saturated carbocycles. The molecule has 34 heavy (non-hydrogen) atoms. The fourth-order valence-electron chi connectivity index (χ4n) is 5.44. The number of imide groups is 1. The Hall–Kier alpha value is -2.70. The van der Waals surface area contributed by atoms with Crippen LogP contribution in [0.3, 0.4) is 0 Å². The normalized spacial score (nSPS) is 24.0. The molecule has 2 aliphatic heterocycles. The molecule has 3 amide bonds. The van der Waals surface area contributed by atoms with Gasteiger partial charge in [-0.3, -0.25) is 19.7 Å². The van der Waals surface area contributed by atoms with Crippen molar-refractivity contribution in [2.75, 3.05) is 13.1 Å². The molecule has 2 fully saturated rings. The van der Waals surface area contributed by atoms with Gasteiger partial charge >= 0.3 is 6.09 Å². The van der Waals surface area contributed by atoms with E-state index in [4.69, 9.17) is 4.74 Å². The maximum absolute atomic E-state index is 12.8. The number of carbonyl (C=O) groups is 4. The van der Waals surface area contributed by atoms with E-state index in [9.17, 15) is 19.2 Å². The molecule has 0 bridgehead atoms. The number of fused-ring (bicyclic) bond motifs is 1. The summed E-state index contributed by atoms with van der Waals surface area (Å²) in [5.74, 6) is 0.292. The van der Waals surface area contributed by atoms with Gasteiger partial charge in [-0.15, -0.1) is 0 Å². The first-order chi connectivity index (χ1) is 16.1. The molecule has 2 unspecified atom stereocenters. The predicted octanol–water partition coefficient (Wildman–Crippen LogP) is 4.38. The molecule has 0 spiro atoms. The minimum atomic E-state index is -0.492. The molecule has 1 aromatic rings. The number of ether oxygens (including phenoxy) is 1. The van der Waals surface area contributed by atoms with Gasteiger partial charge in [0.2, 0.25) is 11.8 Å². The van der Waals surface area contributed by atoms with E-state index < -0.39 is 5.60 Å². The standard InChI is InChI=1S/C27H36N2O5/c1-27(2,3)34-26(33)29-12-10-18(11-13-29)20-6-8-22-21(16-20)14-17(15-23(22)30)4-5-19-7-9-24(31)28-25(19)32/h6,8,16-19H,4-5,7,9-15H2,1-3H3,(H,28,31,32). The van der Waals surface area contributed by atoms with Crippen LogP contribution in [0.5, 0.6) is 0 Å². The fourth-order valence-corrected chi connectivity index (χ4v) is 5.44. The molecule has 184 valence electrons. The fraction of sp³-hybridized carbons (Fsp3) is 0.630. The van der Waals surface area contributed by atoms with E-state index >= 15 is 0 Å². The molecule has 0 radical (unpaired) electrons. The molecule has 3 aliphatic rings. The van der Waals surface area contributed by atoms with Gasteiger partial charge in [0.05, 0.1) is 0 Å². The number of benzene rings is 1. The van der Waals surface area contributed by atoms with E-state index in [2.05, 4.69) is 17.4 Å². The average Bonchev–Trinajstić information content (AvgIpc) is 2.77. The summed E-state index contributed by atoms with van der Waals surface area (Å²) in [6.45, 7) is 6.98. The van der Waals surface area contributed by atoms with Crippen molar-refractivity contribution in [2.24, 2.45) is 11.8 Å². The number of hydrogen-bond donors (Lipinski definition) is 1. The Bertz CT molecular complexity index is 972. The van der Waals surface area contributed by atoms with Crippen molar-refractivity contribution in [3.63, 3.8) is 0 Å². The predicted molar refractivity (Wildman–Crippen MR) is 127 cm³/mol. The molecular formula is C27H36N2O5. The second-order valence-electron chi connectivity index (χ2n) is 11.1. The number of Topliss-reactive ketones (excluding diaryl/α,β-unsaturated/α-hetero) is 1. The zero-order valence-corrected chi connectivity index (χ0v) is 20.5. The van der Waals surface area contributed by atoms with Crippen molar-refractivity contribution >= 4 is 23.7 Å². The summed E-state index contributed by atoms with van der Waals surface area (Å²) in [5.41, 5.74) is 2.68. The topological polar surface area (TPSA) is 92.8 Å². The molecule has 2 heterocycles. The van der Waals surface area contributed by atoms with E-state index in [0.29, 0.717) is 38.3 Å². The second-order valence-corrected chi connectivity index (χ2v) is 11.1. The average molecular weight is 469 g/mol. The SMILES string of the molecule is CC(C)(C)OC(=O)N1CCC(c2ccc3c(c2)CC(CCC2CCC(=O)NC2=O)CC3=O)CC1. The summed E-state index contributed by atoms with van der Waals surface area (Å²) < 4.78 is 5.50. The smallest absolute Gasteiger partial charge is 0.410 e. The third kappa shape index (κ3) is 5.86. The third-order valence-corrected chi connectivity index (χ3v) is 7.31. The van der Waals surface area contributed by atoms with Gasteiger partial charge in [0.25, 0.3) is 0 Å². The maximum Gasteiger partial charge on any atom is 0.410 e. The van der Waals surface area contributed by atoms with Crippen molar-refractivity contribution in [1.29, 1.82) is 0 Å².